The molecule has 0 spiro atoms. The van der Waals surface area contributed by atoms with E-state index in [0.29, 0.717) is 26.3 Å². The molecule has 3 nitrogen and oxygen atoms in total. The Balaban J connectivity index is 1.68. The number of fused-ring (bicyclic) bond motifs is 3. The summed E-state index contributed by atoms with van der Waals surface area (Å²) in [7, 11) is 0. The summed E-state index contributed by atoms with van der Waals surface area (Å²) >= 11 is 1.65. The molecule has 0 radical (unpaired) electrons. The quantitative estimate of drug-likeness (QED) is 0.810. The second kappa shape index (κ2) is 5.28. The molecule has 1 aromatic heterocycles. The van der Waals surface area contributed by atoms with E-state index in [0.717, 1.165) is 17.7 Å². The van der Waals surface area contributed by atoms with Gasteiger partial charge in [-0.2, -0.15) is 0 Å². The maximum atomic E-state index is 12.6. The van der Waals surface area contributed by atoms with Gasteiger partial charge in [-0.15, -0.1) is 11.3 Å². The molecule has 4 rings (SSSR count). The van der Waals surface area contributed by atoms with Crippen molar-refractivity contribution < 1.29 is 9.53 Å². The van der Waals surface area contributed by atoms with E-state index >= 15 is 0 Å². The third-order valence-corrected chi connectivity index (χ3v) is 5.44. The molecule has 4 heteroatoms. The Morgan fingerprint density at radius 2 is 1.86 bits per heavy atom. The third kappa shape index (κ3) is 2.28. The number of benzene rings is 1. The minimum absolute atomic E-state index is 0.162. The summed E-state index contributed by atoms with van der Waals surface area (Å²) in [6.07, 6.45) is 2.12. The number of morpholine rings is 1. The zero-order valence-corrected chi connectivity index (χ0v) is 12.6. The largest absolute Gasteiger partial charge is 0.378 e. The molecule has 0 saturated carbocycles. The van der Waals surface area contributed by atoms with Crippen LogP contribution < -0.4 is 0 Å². The maximum absolute atomic E-state index is 12.6. The number of carbonyl (C=O) groups excluding carboxylic acids is 1. The monoisotopic (exact) mass is 299 g/mol. The van der Waals surface area contributed by atoms with E-state index in [1.165, 1.54) is 21.6 Å². The van der Waals surface area contributed by atoms with Gasteiger partial charge in [-0.1, -0.05) is 24.3 Å². The summed E-state index contributed by atoms with van der Waals surface area (Å²) in [5.74, 6) is 0.162. The predicted octanol–water partition coefficient (Wildman–Crippen LogP) is 2.99. The van der Waals surface area contributed by atoms with Crippen molar-refractivity contribution in [3.8, 4) is 10.4 Å². The van der Waals surface area contributed by atoms with Crippen LogP contribution in [0.1, 0.15) is 20.8 Å². The molecule has 2 aliphatic rings. The lowest BCUT2D eigenvalue weighted by Crippen LogP contribution is -2.40. The number of hydrogen-bond donors (Lipinski definition) is 0. The van der Waals surface area contributed by atoms with Crippen LogP contribution in [0.5, 0.6) is 0 Å². The minimum atomic E-state index is 0.162. The first-order chi connectivity index (χ1) is 10.3. The predicted molar refractivity (Wildman–Crippen MR) is 83.9 cm³/mol. The molecule has 0 N–H and O–H groups in total. The molecule has 1 fully saturated rings. The van der Waals surface area contributed by atoms with Gasteiger partial charge in [0, 0.05) is 18.0 Å². The summed E-state index contributed by atoms with van der Waals surface area (Å²) in [4.78, 5) is 16.7. The van der Waals surface area contributed by atoms with Gasteiger partial charge < -0.3 is 9.64 Å². The number of ether oxygens (including phenoxy) is 1. The Bertz CT molecular complexity index is 686. The van der Waals surface area contributed by atoms with Gasteiger partial charge in [0.1, 0.15) is 0 Å². The highest BCUT2D eigenvalue weighted by Crippen LogP contribution is 2.39. The average Bonchev–Trinajstić information content (AvgIpc) is 2.99. The van der Waals surface area contributed by atoms with E-state index in [1.807, 2.05) is 4.90 Å². The smallest absolute Gasteiger partial charge is 0.264 e. The number of thiophene rings is 1. The number of carbonyl (C=O) groups is 1. The molecule has 2 aromatic rings. The molecular weight excluding hydrogens is 282 g/mol. The fourth-order valence-corrected chi connectivity index (χ4v) is 4.34. The molecule has 0 atom stereocenters. The standard InChI is InChI=1S/C17H17NO2S/c19-17(18-7-9-20-10-8-18)15-11-13-6-5-12-3-1-2-4-14(12)16(13)21-15/h1-4,11H,5-10H2. The van der Waals surface area contributed by atoms with Gasteiger partial charge in [0.05, 0.1) is 18.1 Å². The first-order valence-electron chi connectivity index (χ1n) is 7.41. The lowest BCUT2D eigenvalue weighted by molar-refractivity contribution is 0.0306. The molecule has 21 heavy (non-hydrogen) atoms. The van der Waals surface area contributed by atoms with E-state index in [-0.39, 0.29) is 5.91 Å². The molecule has 1 aliphatic carbocycles. The van der Waals surface area contributed by atoms with E-state index in [9.17, 15) is 4.79 Å². The highest BCUT2D eigenvalue weighted by Gasteiger charge is 2.24. The summed E-state index contributed by atoms with van der Waals surface area (Å²) in [5, 5.41) is 0. The van der Waals surface area contributed by atoms with E-state index in [2.05, 4.69) is 30.3 Å². The van der Waals surface area contributed by atoms with E-state index in [1.54, 1.807) is 11.3 Å². The zero-order valence-electron chi connectivity index (χ0n) is 11.8. The summed E-state index contributed by atoms with van der Waals surface area (Å²) in [6.45, 7) is 2.72. The molecule has 1 saturated heterocycles. The maximum Gasteiger partial charge on any atom is 0.264 e. The van der Waals surface area contributed by atoms with Crippen LogP contribution in [0.2, 0.25) is 0 Å². The Morgan fingerprint density at radius 1 is 1.10 bits per heavy atom. The van der Waals surface area contributed by atoms with Crippen LogP contribution in [0.25, 0.3) is 10.4 Å². The van der Waals surface area contributed by atoms with Gasteiger partial charge in [0.2, 0.25) is 0 Å². The fraction of sp³-hybridized carbons (Fsp3) is 0.353. The Kier molecular flexibility index (Phi) is 3.28. The lowest BCUT2D eigenvalue weighted by Gasteiger charge is -2.26. The van der Waals surface area contributed by atoms with Crippen molar-refractivity contribution in [2.24, 2.45) is 0 Å². The lowest BCUT2D eigenvalue weighted by atomic mass is 9.91. The number of rotatable bonds is 1. The SMILES string of the molecule is O=C(c1cc2c(s1)-c1ccccc1CC2)N1CCOCC1. The summed E-state index contributed by atoms with van der Waals surface area (Å²) in [5.41, 5.74) is 4.04. The molecule has 1 aliphatic heterocycles. The van der Waals surface area contributed by atoms with Crippen molar-refractivity contribution >= 4 is 17.2 Å². The molecule has 0 unspecified atom stereocenters. The first-order valence-corrected chi connectivity index (χ1v) is 8.22. The minimum Gasteiger partial charge on any atom is -0.378 e. The van der Waals surface area contributed by atoms with Crippen LogP contribution >= 0.6 is 11.3 Å². The van der Waals surface area contributed by atoms with Crippen molar-refractivity contribution in [3.63, 3.8) is 0 Å². The van der Waals surface area contributed by atoms with Gasteiger partial charge in [-0.3, -0.25) is 4.79 Å². The van der Waals surface area contributed by atoms with Crippen LogP contribution in [0.4, 0.5) is 0 Å². The molecule has 2 heterocycles. The number of hydrogen-bond acceptors (Lipinski definition) is 3. The van der Waals surface area contributed by atoms with Crippen molar-refractivity contribution in [2.45, 2.75) is 12.8 Å². The number of nitrogens with zero attached hydrogens (tertiary/aromatic N) is 1. The first kappa shape index (κ1) is 13.0. The van der Waals surface area contributed by atoms with Gasteiger partial charge in [0.25, 0.3) is 5.91 Å². The van der Waals surface area contributed by atoms with Gasteiger partial charge >= 0.3 is 0 Å². The van der Waals surface area contributed by atoms with Crippen LogP contribution in [-0.2, 0) is 17.6 Å². The van der Waals surface area contributed by atoms with Crippen LogP contribution in [0.3, 0.4) is 0 Å². The van der Waals surface area contributed by atoms with Gasteiger partial charge in [-0.25, -0.2) is 0 Å². The van der Waals surface area contributed by atoms with Crippen LogP contribution in [-0.4, -0.2) is 37.1 Å². The van der Waals surface area contributed by atoms with Gasteiger partial charge in [-0.05, 0) is 35.6 Å². The van der Waals surface area contributed by atoms with Crippen molar-refractivity contribution in [1.82, 2.24) is 4.90 Å². The highest BCUT2D eigenvalue weighted by molar-refractivity contribution is 7.17. The zero-order chi connectivity index (χ0) is 14.2. The second-order valence-corrected chi connectivity index (χ2v) is 6.58. The van der Waals surface area contributed by atoms with E-state index < -0.39 is 0 Å². The van der Waals surface area contributed by atoms with Crippen LogP contribution in [0, 0.1) is 0 Å². The summed E-state index contributed by atoms with van der Waals surface area (Å²) in [6, 6.07) is 10.6. The molecule has 1 amide bonds. The Morgan fingerprint density at radius 3 is 2.71 bits per heavy atom. The average molecular weight is 299 g/mol. The molecule has 0 bridgehead atoms. The third-order valence-electron chi connectivity index (χ3n) is 4.24. The second-order valence-electron chi connectivity index (χ2n) is 5.53. The molecular formula is C17H17NO2S. The topological polar surface area (TPSA) is 29.5 Å². The van der Waals surface area contributed by atoms with Crippen LogP contribution in [0.15, 0.2) is 30.3 Å². The number of aryl methyl sites for hydroxylation is 2. The Labute approximate surface area is 128 Å². The van der Waals surface area contributed by atoms with Gasteiger partial charge in [0.15, 0.2) is 0 Å². The van der Waals surface area contributed by atoms with E-state index in [4.69, 9.17) is 4.74 Å². The molecule has 1 aromatic carbocycles. The Hall–Kier alpha value is -1.65. The summed E-state index contributed by atoms with van der Waals surface area (Å²) < 4.78 is 5.32. The highest BCUT2D eigenvalue weighted by atomic mass is 32.1. The van der Waals surface area contributed by atoms with Crippen molar-refractivity contribution in [2.75, 3.05) is 26.3 Å². The fourth-order valence-electron chi connectivity index (χ4n) is 3.10. The van der Waals surface area contributed by atoms with Crippen molar-refractivity contribution in [1.29, 1.82) is 0 Å². The normalized spacial score (nSPS) is 17.2. The molecule has 108 valence electrons. The number of amides is 1. The van der Waals surface area contributed by atoms with Crippen molar-refractivity contribution in [3.05, 3.63) is 46.3 Å².